The highest BCUT2D eigenvalue weighted by molar-refractivity contribution is 7.16. The summed E-state index contributed by atoms with van der Waals surface area (Å²) in [6.45, 7) is 14.7. The van der Waals surface area contributed by atoms with Crippen molar-refractivity contribution >= 4 is 34.0 Å². The summed E-state index contributed by atoms with van der Waals surface area (Å²) in [6.07, 6.45) is 6.76. The first-order valence-corrected chi connectivity index (χ1v) is 11.5. The van der Waals surface area contributed by atoms with E-state index in [0.717, 1.165) is 42.1 Å². The highest BCUT2D eigenvalue weighted by Gasteiger charge is 2.21. The van der Waals surface area contributed by atoms with E-state index in [2.05, 4.69) is 31.9 Å². The fraction of sp³-hybridized carbons (Fsp3) is 0.360. The van der Waals surface area contributed by atoms with Crippen LogP contribution in [0.2, 0.25) is 0 Å². The first kappa shape index (κ1) is 21.5. The zero-order chi connectivity index (χ0) is 22.1. The molecule has 2 aromatic heterocycles. The van der Waals surface area contributed by atoms with Crippen molar-refractivity contribution < 1.29 is 9.52 Å². The molecule has 4 rings (SSSR count). The number of allylic oxidation sites excluding steroid dienone is 1. The lowest BCUT2D eigenvalue weighted by Crippen LogP contribution is -2.29. The van der Waals surface area contributed by atoms with Crippen molar-refractivity contribution in [1.29, 1.82) is 0 Å². The molecule has 31 heavy (non-hydrogen) atoms. The van der Waals surface area contributed by atoms with Crippen molar-refractivity contribution in [3.05, 3.63) is 57.9 Å². The molecule has 5 nitrogen and oxygen atoms in total. The summed E-state index contributed by atoms with van der Waals surface area (Å²) in [7, 11) is 0. The minimum atomic E-state index is -0.146. The molecule has 0 aliphatic carbocycles. The van der Waals surface area contributed by atoms with E-state index in [1.807, 2.05) is 0 Å². The number of rotatable bonds is 6. The third kappa shape index (κ3) is 4.10. The number of thiazole rings is 1. The van der Waals surface area contributed by atoms with Crippen LogP contribution in [-0.2, 0) is 6.54 Å². The number of nitrogens with zero attached hydrogens (tertiary/aromatic N) is 2. The average Bonchev–Trinajstić information content (AvgIpc) is 3.20. The van der Waals surface area contributed by atoms with Crippen molar-refractivity contribution in [3.63, 3.8) is 0 Å². The molecule has 0 atom stereocenters. The van der Waals surface area contributed by atoms with E-state index >= 15 is 0 Å². The van der Waals surface area contributed by atoms with Crippen LogP contribution in [0.5, 0.6) is 5.75 Å². The number of phenolic OH excluding ortho intramolecular Hbond substituents is 1. The zero-order valence-corrected chi connectivity index (χ0v) is 18.9. The third-order valence-corrected chi connectivity index (χ3v) is 7.00. The van der Waals surface area contributed by atoms with Gasteiger partial charge >= 0.3 is 0 Å². The van der Waals surface area contributed by atoms with Gasteiger partial charge in [-0.3, -0.25) is 9.69 Å². The van der Waals surface area contributed by atoms with Gasteiger partial charge in [-0.1, -0.05) is 33.4 Å². The SMILES string of the molecule is C=Cc1sc(-c2coc3c(CN4CCCCC4)c(O)ccc3c2=O)nc1C(=C)C(C)C. The number of benzene rings is 1. The van der Waals surface area contributed by atoms with E-state index in [9.17, 15) is 9.90 Å². The second kappa shape index (κ2) is 8.81. The van der Waals surface area contributed by atoms with Crippen molar-refractivity contribution in [3.8, 4) is 16.3 Å². The van der Waals surface area contributed by atoms with E-state index in [-0.39, 0.29) is 17.1 Å². The highest BCUT2D eigenvalue weighted by Crippen LogP contribution is 2.35. The molecule has 1 aromatic carbocycles. The Morgan fingerprint density at radius 2 is 2.06 bits per heavy atom. The fourth-order valence-corrected chi connectivity index (χ4v) is 4.93. The summed E-state index contributed by atoms with van der Waals surface area (Å²) in [6, 6.07) is 3.22. The predicted octanol–water partition coefficient (Wildman–Crippen LogP) is 5.92. The molecule has 3 heterocycles. The van der Waals surface area contributed by atoms with Gasteiger partial charge in [-0.05, 0) is 55.6 Å². The molecule has 0 bridgehead atoms. The molecule has 1 saturated heterocycles. The molecule has 162 valence electrons. The van der Waals surface area contributed by atoms with Gasteiger partial charge in [-0.15, -0.1) is 11.3 Å². The topological polar surface area (TPSA) is 66.6 Å². The number of piperidine rings is 1. The van der Waals surface area contributed by atoms with E-state index in [0.29, 0.717) is 33.6 Å². The lowest BCUT2D eigenvalue weighted by molar-refractivity contribution is 0.218. The molecule has 0 saturated carbocycles. The number of fused-ring (bicyclic) bond motifs is 1. The number of aromatic hydroxyl groups is 1. The van der Waals surface area contributed by atoms with E-state index in [4.69, 9.17) is 9.40 Å². The minimum absolute atomic E-state index is 0.146. The average molecular weight is 437 g/mol. The largest absolute Gasteiger partial charge is 0.507 e. The quantitative estimate of drug-likeness (QED) is 0.519. The van der Waals surface area contributed by atoms with Gasteiger partial charge in [0.05, 0.1) is 27.1 Å². The van der Waals surface area contributed by atoms with Crippen molar-refractivity contribution in [1.82, 2.24) is 9.88 Å². The Bertz CT molecular complexity index is 1200. The van der Waals surface area contributed by atoms with Gasteiger partial charge in [0.2, 0.25) is 5.43 Å². The molecule has 0 radical (unpaired) electrons. The number of hydrogen-bond acceptors (Lipinski definition) is 6. The molecule has 3 aromatic rings. The monoisotopic (exact) mass is 436 g/mol. The van der Waals surface area contributed by atoms with Gasteiger partial charge in [0.15, 0.2) is 0 Å². The summed E-state index contributed by atoms with van der Waals surface area (Å²) in [5.41, 5.74) is 3.08. The maximum Gasteiger partial charge on any atom is 0.202 e. The summed E-state index contributed by atoms with van der Waals surface area (Å²) in [5, 5.41) is 11.5. The molecule has 1 aliphatic rings. The van der Waals surface area contributed by atoms with Gasteiger partial charge in [-0.25, -0.2) is 4.98 Å². The smallest absolute Gasteiger partial charge is 0.202 e. The molecule has 1 N–H and O–H groups in total. The van der Waals surface area contributed by atoms with Crippen LogP contribution in [0.1, 0.15) is 49.2 Å². The second-order valence-corrected chi connectivity index (χ2v) is 9.40. The van der Waals surface area contributed by atoms with Gasteiger partial charge in [-0.2, -0.15) is 0 Å². The van der Waals surface area contributed by atoms with Gasteiger partial charge in [0.1, 0.15) is 22.6 Å². The first-order valence-electron chi connectivity index (χ1n) is 10.7. The molecular weight excluding hydrogens is 408 g/mol. The Labute approximate surface area is 186 Å². The Morgan fingerprint density at radius 1 is 1.32 bits per heavy atom. The van der Waals surface area contributed by atoms with Crippen molar-refractivity contribution in [2.75, 3.05) is 13.1 Å². The lowest BCUT2D eigenvalue weighted by atomic mass is 10.0. The minimum Gasteiger partial charge on any atom is -0.507 e. The first-order chi connectivity index (χ1) is 14.9. The van der Waals surface area contributed by atoms with E-state index in [1.165, 1.54) is 24.0 Å². The van der Waals surface area contributed by atoms with Gasteiger partial charge in [0.25, 0.3) is 0 Å². The summed E-state index contributed by atoms with van der Waals surface area (Å²) in [5.74, 6) is 0.398. The number of phenols is 1. The molecule has 0 spiro atoms. The van der Waals surface area contributed by atoms with Crippen LogP contribution in [0.15, 0.2) is 40.8 Å². The fourth-order valence-electron chi connectivity index (χ4n) is 3.98. The lowest BCUT2D eigenvalue weighted by Gasteiger charge is -2.26. The van der Waals surface area contributed by atoms with Crippen LogP contribution in [-0.4, -0.2) is 28.1 Å². The molecule has 6 heteroatoms. The Kier molecular flexibility index (Phi) is 6.12. The van der Waals surface area contributed by atoms with Gasteiger partial charge in [0, 0.05) is 6.54 Å². The number of aromatic nitrogens is 1. The number of likely N-dealkylation sites (tertiary alicyclic amines) is 1. The van der Waals surface area contributed by atoms with Crippen LogP contribution in [0, 0.1) is 5.92 Å². The molecule has 1 fully saturated rings. The maximum atomic E-state index is 13.4. The van der Waals surface area contributed by atoms with Gasteiger partial charge < -0.3 is 9.52 Å². The molecule has 0 amide bonds. The van der Waals surface area contributed by atoms with Crippen LogP contribution in [0.25, 0.3) is 33.2 Å². The second-order valence-electron chi connectivity index (χ2n) is 8.37. The van der Waals surface area contributed by atoms with Crippen LogP contribution < -0.4 is 5.43 Å². The Balaban J connectivity index is 1.79. The zero-order valence-electron chi connectivity index (χ0n) is 18.1. The molecule has 1 aliphatic heterocycles. The van der Waals surface area contributed by atoms with Crippen LogP contribution in [0.3, 0.4) is 0 Å². The normalized spacial score (nSPS) is 14.9. The maximum absolute atomic E-state index is 13.4. The summed E-state index contributed by atoms with van der Waals surface area (Å²) >= 11 is 1.41. The van der Waals surface area contributed by atoms with E-state index in [1.54, 1.807) is 18.2 Å². The number of hydrogen-bond donors (Lipinski definition) is 1. The third-order valence-electron chi connectivity index (χ3n) is 5.92. The highest BCUT2D eigenvalue weighted by atomic mass is 32.1. The van der Waals surface area contributed by atoms with Crippen LogP contribution in [0.4, 0.5) is 0 Å². The molecular formula is C25H28N2O3S. The predicted molar refractivity (Wildman–Crippen MR) is 128 cm³/mol. The Hall–Kier alpha value is -2.70. The summed E-state index contributed by atoms with van der Waals surface area (Å²) < 4.78 is 5.95. The van der Waals surface area contributed by atoms with Crippen LogP contribution >= 0.6 is 11.3 Å². The van der Waals surface area contributed by atoms with Crippen molar-refractivity contribution in [2.45, 2.75) is 39.7 Å². The van der Waals surface area contributed by atoms with Crippen molar-refractivity contribution in [2.24, 2.45) is 5.92 Å². The molecule has 0 unspecified atom stereocenters. The summed E-state index contributed by atoms with van der Waals surface area (Å²) in [4.78, 5) is 21.3. The standard InChI is InChI=1S/C25H28N2O3S/c1-5-21-22(16(4)15(2)3)26-25(31-21)19-14-30-24-17(23(19)29)9-10-20(28)18(24)13-27-11-7-6-8-12-27/h5,9-10,14-15,28H,1,4,6-8,11-13H2,2-3H3. The van der Waals surface area contributed by atoms with E-state index < -0.39 is 0 Å². The Morgan fingerprint density at radius 3 is 2.74 bits per heavy atom.